The summed E-state index contributed by atoms with van der Waals surface area (Å²) in [6.07, 6.45) is 3.69. The molecule has 0 fully saturated rings. The molecule has 0 aliphatic heterocycles. The van der Waals surface area contributed by atoms with Crippen LogP contribution in [0, 0.1) is 0 Å². The molecule has 252 valence electrons. The summed E-state index contributed by atoms with van der Waals surface area (Å²) in [5.41, 5.74) is 11.6. The summed E-state index contributed by atoms with van der Waals surface area (Å²) in [4.78, 5) is 14.7. The zero-order valence-corrected chi connectivity index (χ0v) is 29.4. The third-order valence-electron chi connectivity index (χ3n) is 10.4. The lowest BCUT2D eigenvalue weighted by Gasteiger charge is -2.13. The summed E-state index contributed by atoms with van der Waals surface area (Å²) in [6.45, 7) is 0. The van der Waals surface area contributed by atoms with Gasteiger partial charge in [0.15, 0.2) is 5.82 Å². The lowest BCUT2D eigenvalue weighted by Crippen LogP contribution is -1.96. The Bertz CT molecular complexity index is 2820. The predicted molar refractivity (Wildman–Crippen MR) is 225 cm³/mol. The minimum absolute atomic E-state index is 0.685. The van der Waals surface area contributed by atoms with E-state index in [1.54, 1.807) is 6.20 Å². The van der Waals surface area contributed by atoms with E-state index in [4.69, 9.17) is 9.97 Å². The maximum atomic E-state index is 5.21. The molecule has 0 aliphatic rings. The van der Waals surface area contributed by atoms with Crippen LogP contribution in [0.3, 0.4) is 0 Å². The first kappa shape index (κ1) is 31.5. The number of benzene rings is 8. The highest BCUT2D eigenvalue weighted by Gasteiger charge is 2.14. The van der Waals surface area contributed by atoms with Gasteiger partial charge < -0.3 is 0 Å². The van der Waals surface area contributed by atoms with Crippen molar-refractivity contribution in [3.63, 3.8) is 0 Å². The van der Waals surface area contributed by atoms with Crippen molar-refractivity contribution in [3.05, 3.63) is 200 Å². The molecule has 0 saturated carbocycles. The first-order chi connectivity index (χ1) is 26.7. The van der Waals surface area contributed by atoms with Gasteiger partial charge in [0.05, 0.1) is 11.4 Å². The van der Waals surface area contributed by atoms with Crippen molar-refractivity contribution in [2.45, 2.75) is 0 Å². The van der Waals surface area contributed by atoms with Gasteiger partial charge in [0.1, 0.15) is 0 Å². The van der Waals surface area contributed by atoms with Crippen LogP contribution in [0.25, 0.3) is 99.6 Å². The van der Waals surface area contributed by atoms with Gasteiger partial charge in [-0.2, -0.15) is 0 Å². The molecule has 0 radical (unpaired) electrons. The molecule has 3 nitrogen and oxygen atoms in total. The topological polar surface area (TPSA) is 38.7 Å². The van der Waals surface area contributed by atoms with E-state index in [0.717, 1.165) is 50.3 Å². The van der Waals surface area contributed by atoms with Crippen molar-refractivity contribution < 1.29 is 0 Å². The molecule has 54 heavy (non-hydrogen) atoms. The fraction of sp³-hybridized carbons (Fsp3) is 0. The Morgan fingerprint density at radius 2 is 0.704 bits per heavy atom. The van der Waals surface area contributed by atoms with Gasteiger partial charge in [0.2, 0.25) is 0 Å². The van der Waals surface area contributed by atoms with Gasteiger partial charge in [0.25, 0.3) is 0 Å². The molecule has 0 N–H and O–H groups in total. The van der Waals surface area contributed by atoms with E-state index in [9.17, 15) is 0 Å². The molecule has 10 rings (SSSR count). The molecule has 8 aromatic carbocycles. The number of nitrogens with zero attached hydrogens (tertiary/aromatic N) is 3. The first-order valence-corrected chi connectivity index (χ1v) is 18.2. The number of fused-ring (bicyclic) bond motifs is 6. The lowest BCUT2D eigenvalue weighted by atomic mass is 9.92. The number of pyridine rings is 1. The second-order valence-corrected chi connectivity index (χ2v) is 13.7. The molecule has 0 atom stereocenters. The van der Waals surface area contributed by atoms with Gasteiger partial charge in [-0.25, -0.2) is 9.97 Å². The van der Waals surface area contributed by atoms with Gasteiger partial charge in [-0.1, -0.05) is 164 Å². The standard InChI is InChI=1S/C51H33N3/c1-2-10-34(11-3-1)35-19-23-37(24-20-35)49-32-50(38-25-21-36(22-26-38)42-14-9-29-52-33-42)54-51(53-49)41-13-8-12-39(30-41)40-27-28-47-45-17-5-4-15-43(45)44-16-6-7-18-46(44)48(47)31-40/h1-33H. The average molecular weight is 688 g/mol. The molecule has 10 aromatic rings. The molecule has 0 saturated heterocycles. The molecular weight excluding hydrogens is 655 g/mol. The van der Waals surface area contributed by atoms with Crippen LogP contribution in [-0.4, -0.2) is 15.0 Å². The highest BCUT2D eigenvalue weighted by molar-refractivity contribution is 6.25. The van der Waals surface area contributed by atoms with E-state index >= 15 is 0 Å². The largest absolute Gasteiger partial charge is 0.264 e. The van der Waals surface area contributed by atoms with Crippen molar-refractivity contribution >= 4 is 32.3 Å². The predicted octanol–water partition coefficient (Wildman–Crippen LogP) is 13.3. The SMILES string of the molecule is c1ccc(-c2ccc(-c3cc(-c4ccc(-c5cccnc5)cc4)nc(-c4cccc(-c5ccc6c7ccccc7c7ccccc7c6c5)c4)n3)cc2)cc1. The summed E-state index contributed by atoms with van der Waals surface area (Å²) in [5, 5.41) is 7.60. The van der Waals surface area contributed by atoms with Crippen LogP contribution in [0.5, 0.6) is 0 Å². The Balaban J connectivity index is 1.09. The second-order valence-electron chi connectivity index (χ2n) is 13.7. The summed E-state index contributed by atoms with van der Waals surface area (Å²) in [5.74, 6) is 0.685. The molecule has 3 heteroatoms. The Labute approximate surface area is 313 Å². The van der Waals surface area contributed by atoms with Crippen molar-refractivity contribution in [2.75, 3.05) is 0 Å². The van der Waals surface area contributed by atoms with Crippen LogP contribution < -0.4 is 0 Å². The Kier molecular flexibility index (Phi) is 7.81. The Morgan fingerprint density at radius 1 is 0.259 bits per heavy atom. The fourth-order valence-corrected chi connectivity index (χ4v) is 7.63. The average Bonchev–Trinajstić information content (AvgIpc) is 3.27. The van der Waals surface area contributed by atoms with Gasteiger partial charge in [-0.3, -0.25) is 4.98 Å². The number of hydrogen-bond acceptors (Lipinski definition) is 3. The van der Waals surface area contributed by atoms with Crippen LogP contribution in [0.4, 0.5) is 0 Å². The molecule has 0 spiro atoms. The van der Waals surface area contributed by atoms with Gasteiger partial charge >= 0.3 is 0 Å². The first-order valence-electron chi connectivity index (χ1n) is 18.2. The Morgan fingerprint density at radius 3 is 1.31 bits per heavy atom. The van der Waals surface area contributed by atoms with Crippen LogP contribution in [0.15, 0.2) is 200 Å². The minimum atomic E-state index is 0.685. The normalized spacial score (nSPS) is 11.3. The highest BCUT2D eigenvalue weighted by atomic mass is 14.9. The summed E-state index contributed by atoms with van der Waals surface area (Å²) < 4.78 is 0. The molecule has 0 unspecified atom stereocenters. The van der Waals surface area contributed by atoms with Crippen molar-refractivity contribution in [2.24, 2.45) is 0 Å². The van der Waals surface area contributed by atoms with E-state index in [2.05, 4.69) is 181 Å². The summed E-state index contributed by atoms with van der Waals surface area (Å²) in [7, 11) is 0. The van der Waals surface area contributed by atoms with E-state index < -0.39 is 0 Å². The fourth-order valence-electron chi connectivity index (χ4n) is 7.63. The van der Waals surface area contributed by atoms with E-state index in [-0.39, 0.29) is 0 Å². The van der Waals surface area contributed by atoms with Gasteiger partial charge in [-0.05, 0) is 90.0 Å². The summed E-state index contributed by atoms with van der Waals surface area (Å²) in [6, 6.07) is 66.7. The van der Waals surface area contributed by atoms with Crippen molar-refractivity contribution in [1.82, 2.24) is 15.0 Å². The zero-order valence-electron chi connectivity index (χ0n) is 29.4. The monoisotopic (exact) mass is 687 g/mol. The second kappa shape index (κ2) is 13.4. The zero-order chi connectivity index (χ0) is 35.8. The summed E-state index contributed by atoms with van der Waals surface area (Å²) >= 11 is 0. The lowest BCUT2D eigenvalue weighted by molar-refractivity contribution is 1.18. The molecule has 0 aliphatic carbocycles. The van der Waals surface area contributed by atoms with E-state index in [0.29, 0.717) is 5.82 Å². The Hall–Kier alpha value is -7.23. The molecule has 2 aromatic heterocycles. The highest BCUT2D eigenvalue weighted by Crippen LogP contribution is 2.38. The van der Waals surface area contributed by atoms with Crippen LogP contribution in [-0.2, 0) is 0 Å². The van der Waals surface area contributed by atoms with E-state index in [1.165, 1.54) is 43.4 Å². The molecule has 2 heterocycles. The van der Waals surface area contributed by atoms with Gasteiger partial charge in [0, 0.05) is 29.1 Å². The van der Waals surface area contributed by atoms with E-state index in [1.807, 2.05) is 18.3 Å². The molecular formula is C51H33N3. The van der Waals surface area contributed by atoms with Crippen molar-refractivity contribution in [1.29, 1.82) is 0 Å². The van der Waals surface area contributed by atoms with Crippen LogP contribution in [0.1, 0.15) is 0 Å². The maximum absolute atomic E-state index is 5.21. The number of rotatable bonds is 6. The minimum Gasteiger partial charge on any atom is -0.264 e. The number of aromatic nitrogens is 3. The molecule has 0 bridgehead atoms. The smallest absolute Gasteiger partial charge is 0.160 e. The van der Waals surface area contributed by atoms with Crippen molar-refractivity contribution in [3.8, 4) is 67.3 Å². The quantitative estimate of drug-likeness (QED) is 0.163. The van der Waals surface area contributed by atoms with Crippen LogP contribution in [0.2, 0.25) is 0 Å². The van der Waals surface area contributed by atoms with Crippen LogP contribution >= 0.6 is 0 Å². The third kappa shape index (κ3) is 5.78. The maximum Gasteiger partial charge on any atom is 0.160 e. The third-order valence-corrected chi connectivity index (χ3v) is 10.4. The molecule has 0 amide bonds. The number of hydrogen-bond donors (Lipinski definition) is 0. The van der Waals surface area contributed by atoms with Gasteiger partial charge in [-0.15, -0.1) is 0 Å².